The number of halogens is 4. The first-order chi connectivity index (χ1) is 15.2. The Hall–Kier alpha value is -3.30. The number of rotatable bonds is 6. The smallest absolute Gasteiger partial charge is 0.248 e. The summed E-state index contributed by atoms with van der Waals surface area (Å²) < 4.78 is 60.5. The van der Waals surface area contributed by atoms with Crippen molar-refractivity contribution in [2.45, 2.75) is 44.4 Å². The Labute approximate surface area is 182 Å². The van der Waals surface area contributed by atoms with Crippen LogP contribution in [0.25, 0.3) is 11.3 Å². The summed E-state index contributed by atoms with van der Waals surface area (Å²) in [6.45, 7) is 1.93. The molecule has 6 nitrogen and oxygen atoms in total. The van der Waals surface area contributed by atoms with E-state index in [1.54, 1.807) is 6.92 Å². The monoisotopic (exact) mass is 450 g/mol. The molecule has 1 heterocycles. The van der Waals surface area contributed by atoms with E-state index in [0.717, 1.165) is 36.7 Å². The summed E-state index contributed by atoms with van der Waals surface area (Å²) in [5, 5.41) is 10.1. The van der Waals surface area contributed by atoms with Crippen LogP contribution in [0.2, 0.25) is 0 Å². The van der Waals surface area contributed by atoms with Gasteiger partial charge >= 0.3 is 0 Å². The van der Waals surface area contributed by atoms with Crippen molar-refractivity contribution in [2.24, 2.45) is 0 Å². The van der Waals surface area contributed by atoms with E-state index in [1.165, 1.54) is 0 Å². The van der Waals surface area contributed by atoms with Crippen LogP contribution in [-0.2, 0) is 9.53 Å². The molecule has 1 aromatic carbocycles. The topological polar surface area (TPSA) is 88.0 Å². The van der Waals surface area contributed by atoms with E-state index in [4.69, 9.17) is 10.1 Å². The van der Waals surface area contributed by atoms with Crippen molar-refractivity contribution in [3.63, 3.8) is 0 Å². The second-order valence-electron chi connectivity index (χ2n) is 7.36. The number of carbonyl (C=O) groups is 1. The maximum atomic E-state index is 14.5. The first-order valence-electron chi connectivity index (χ1n) is 10.1. The number of hydrogen-bond donors (Lipinski definition) is 2. The molecule has 0 radical (unpaired) electrons. The number of amides is 1. The molecular weight excluding hydrogens is 428 g/mol. The maximum Gasteiger partial charge on any atom is 0.248 e. The van der Waals surface area contributed by atoms with Gasteiger partial charge in [-0.3, -0.25) is 10.2 Å². The molecule has 0 aliphatic heterocycles. The molecule has 0 saturated heterocycles. The van der Waals surface area contributed by atoms with E-state index < -0.39 is 29.4 Å². The Morgan fingerprint density at radius 1 is 1.25 bits per heavy atom. The lowest BCUT2D eigenvalue weighted by atomic mass is 9.83. The number of alkyl halides is 2. The molecular formula is C22H22F4N4O2. The van der Waals surface area contributed by atoms with Crippen LogP contribution in [-0.4, -0.2) is 34.3 Å². The van der Waals surface area contributed by atoms with Crippen LogP contribution < -0.4 is 5.32 Å². The lowest BCUT2D eigenvalue weighted by Gasteiger charge is -2.29. The van der Waals surface area contributed by atoms with Gasteiger partial charge in [-0.05, 0) is 38.0 Å². The van der Waals surface area contributed by atoms with Crippen LogP contribution in [0.4, 0.5) is 23.2 Å². The minimum absolute atomic E-state index is 0.0183. The molecule has 1 amide bonds. The summed E-state index contributed by atoms with van der Waals surface area (Å²) in [6.07, 6.45) is 2.85. The molecule has 1 fully saturated rings. The van der Waals surface area contributed by atoms with Gasteiger partial charge in [-0.2, -0.15) is 0 Å². The van der Waals surface area contributed by atoms with Gasteiger partial charge in [0.05, 0.1) is 18.0 Å². The lowest BCUT2D eigenvalue weighted by Crippen LogP contribution is -2.25. The van der Waals surface area contributed by atoms with E-state index in [9.17, 15) is 22.4 Å². The lowest BCUT2D eigenvalue weighted by molar-refractivity contribution is -0.111. The minimum Gasteiger partial charge on any atom is -0.478 e. The molecule has 0 bridgehead atoms. The van der Waals surface area contributed by atoms with Crippen molar-refractivity contribution in [1.29, 1.82) is 5.41 Å². The van der Waals surface area contributed by atoms with Crippen LogP contribution in [0.15, 0.2) is 36.7 Å². The molecule has 0 atom stereocenters. The van der Waals surface area contributed by atoms with Gasteiger partial charge in [0.15, 0.2) is 0 Å². The van der Waals surface area contributed by atoms with Crippen molar-refractivity contribution in [3.8, 4) is 11.3 Å². The van der Waals surface area contributed by atoms with E-state index in [1.807, 2.05) is 0 Å². The molecule has 170 valence electrons. The highest BCUT2D eigenvalue weighted by Crippen LogP contribution is 2.43. The number of nitrogens with one attached hydrogen (secondary N) is 2. The predicted octanol–water partition coefficient (Wildman–Crippen LogP) is 5.22. The molecule has 10 heteroatoms. The van der Waals surface area contributed by atoms with Gasteiger partial charge in [-0.1, -0.05) is 0 Å². The molecule has 32 heavy (non-hydrogen) atoms. The highest BCUT2D eigenvalue weighted by Gasteiger charge is 2.37. The summed E-state index contributed by atoms with van der Waals surface area (Å²) in [6, 6.07) is 2.82. The van der Waals surface area contributed by atoms with Gasteiger partial charge in [0.2, 0.25) is 17.7 Å². The third-order valence-corrected chi connectivity index (χ3v) is 5.10. The summed E-state index contributed by atoms with van der Waals surface area (Å²) in [5.41, 5.74) is 0.0303. The number of benzene rings is 1. The van der Waals surface area contributed by atoms with Gasteiger partial charge in [-0.25, -0.2) is 27.5 Å². The third-order valence-electron chi connectivity index (χ3n) is 5.10. The van der Waals surface area contributed by atoms with Crippen LogP contribution in [0.3, 0.4) is 0 Å². The second kappa shape index (κ2) is 9.88. The number of anilines is 1. The average Bonchev–Trinajstić information content (AvgIpc) is 2.75. The highest BCUT2D eigenvalue weighted by atomic mass is 19.3. The van der Waals surface area contributed by atoms with E-state index >= 15 is 0 Å². The first kappa shape index (κ1) is 23.4. The van der Waals surface area contributed by atoms with E-state index in [-0.39, 0.29) is 60.8 Å². The number of nitrogens with zero attached hydrogens (tertiary/aromatic N) is 2. The van der Waals surface area contributed by atoms with E-state index in [2.05, 4.69) is 15.3 Å². The first-order valence-corrected chi connectivity index (χ1v) is 10.1. The molecule has 3 rings (SSSR count). The largest absolute Gasteiger partial charge is 0.478 e. The van der Waals surface area contributed by atoms with Gasteiger partial charge in [0.25, 0.3) is 0 Å². The Kier molecular flexibility index (Phi) is 7.22. The number of ether oxygens (including phenoxy) is 1. The fraction of sp³-hybridized carbons (Fsp3) is 0.364. The molecule has 2 aromatic rings. The van der Waals surface area contributed by atoms with Crippen molar-refractivity contribution < 1.29 is 27.1 Å². The van der Waals surface area contributed by atoms with Gasteiger partial charge in [0, 0.05) is 36.5 Å². The Bertz CT molecular complexity index is 1030. The third kappa shape index (κ3) is 5.68. The highest BCUT2D eigenvalue weighted by molar-refractivity contribution is 6.05. The van der Waals surface area contributed by atoms with Crippen molar-refractivity contribution in [3.05, 3.63) is 54.0 Å². The van der Waals surface area contributed by atoms with Gasteiger partial charge in [0.1, 0.15) is 23.7 Å². The number of hydrogen-bond acceptors (Lipinski definition) is 5. The Balaban J connectivity index is 2.01. The predicted molar refractivity (Wildman–Crippen MR) is 111 cm³/mol. The number of aromatic nitrogens is 2. The minimum atomic E-state index is -2.77. The molecule has 1 saturated carbocycles. The van der Waals surface area contributed by atoms with Crippen LogP contribution >= 0.6 is 0 Å². The zero-order valence-electron chi connectivity index (χ0n) is 17.3. The van der Waals surface area contributed by atoms with Crippen molar-refractivity contribution >= 4 is 17.5 Å². The normalized spacial score (nSPS) is 16.2. The van der Waals surface area contributed by atoms with Crippen LogP contribution in [0.5, 0.6) is 0 Å². The SMILES string of the molecule is CCOC(=N)C=CC(=O)Nc1c(-c2cc(F)ccc2F)ncnc1C1CCC(F)(F)CC1. The summed E-state index contributed by atoms with van der Waals surface area (Å²) in [5.74, 6) is -5.60. The quantitative estimate of drug-likeness (QED) is 0.273. The van der Waals surface area contributed by atoms with Crippen molar-refractivity contribution in [2.75, 3.05) is 11.9 Å². The second-order valence-corrected chi connectivity index (χ2v) is 7.36. The molecule has 2 N–H and O–H groups in total. The standard InChI is InChI=1S/C22H22F4N4O2/c1-2-32-17(27)5-6-18(31)30-21-19(13-7-9-22(25,26)10-8-13)28-12-29-20(21)15-11-14(23)3-4-16(15)24/h3-6,11-13,27H,2,7-10H2,1H3,(H,30,31). The summed E-state index contributed by atoms with van der Waals surface area (Å²) in [4.78, 5) is 20.7. The van der Waals surface area contributed by atoms with Gasteiger partial charge in [-0.15, -0.1) is 0 Å². The zero-order chi connectivity index (χ0) is 23.3. The Morgan fingerprint density at radius 3 is 2.66 bits per heavy atom. The average molecular weight is 450 g/mol. The maximum absolute atomic E-state index is 14.5. The fourth-order valence-electron chi connectivity index (χ4n) is 3.55. The summed E-state index contributed by atoms with van der Waals surface area (Å²) in [7, 11) is 0. The van der Waals surface area contributed by atoms with Crippen molar-refractivity contribution in [1.82, 2.24) is 9.97 Å². The molecule has 1 aliphatic rings. The molecule has 0 spiro atoms. The van der Waals surface area contributed by atoms with Gasteiger partial charge < -0.3 is 10.1 Å². The Morgan fingerprint density at radius 2 is 1.97 bits per heavy atom. The van der Waals surface area contributed by atoms with Crippen LogP contribution in [0.1, 0.15) is 44.2 Å². The fourth-order valence-corrected chi connectivity index (χ4v) is 3.55. The summed E-state index contributed by atoms with van der Waals surface area (Å²) >= 11 is 0. The molecule has 1 aromatic heterocycles. The van der Waals surface area contributed by atoms with Crippen LogP contribution in [0, 0.1) is 17.0 Å². The number of carbonyl (C=O) groups excluding carboxylic acids is 1. The molecule has 0 unspecified atom stereocenters. The zero-order valence-corrected chi connectivity index (χ0v) is 17.3. The molecule has 1 aliphatic carbocycles. The van der Waals surface area contributed by atoms with E-state index in [0.29, 0.717) is 0 Å².